The van der Waals surface area contributed by atoms with Crippen molar-refractivity contribution in [1.29, 1.82) is 0 Å². The van der Waals surface area contributed by atoms with Crippen LogP contribution in [-0.2, 0) is 22.8 Å². The number of amides is 1. The predicted octanol–water partition coefficient (Wildman–Crippen LogP) is 5.74. The highest BCUT2D eigenvalue weighted by atomic mass is 32.2. The Kier molecular flexibility index (Phi) is 6.43. The molecule has 0 saturated heterocycles. The summed E-state index contributed by atoms with van der Waals surface area (Å²) in [6, 6.07) is 20.1. The zero-order valence-corrected chi connectivity index (χ0v) is 21.2. The molecule has 4 aromatic rings. The molecular weight excluding hydrogens is 475 g/mol. The van der Waals surface area contributed by atoms with E-state index in [1.165, 1.54) is 0 Å². The Morgan fingerprint density at radius 1 is 1.03 bits per heavy atom. The van der Waals surface area contributed by atoms with Gasteiger partial charge in [-0.2, -0.15) is 0 Å². The van der Waals surface area contributed by atoms with E-state index in [0.717, 1.165) is 40.6 Å². The van der Waals surface area contributed by atoms with E-state index in [1.54, 1.807) is 37.3 Å². The van der Waals surface area contributed by atoms with Gasteiger partial charge in [0.25, 0.3) is 5.91 Å². The second-order valence-corrected chi connectivity index (χ2v) is 11.8. The first-order valence-corrected chi connectivity index (χ1v) is 13.9. The van der Waals surface area contributed by atoms with Crippen molar-refractivity contribution >= 4 is 26.6 Å². The number of hydrogen-bond donors (Lipinski definition) is 1. The van der Waals surface area contributed by atoms with Crippen LogP contribution in [0.4, 0.5) is 4.39 Å². The van der Waals surface area contributed by atoms with Crippen LogP contribution in [0, 0.1) is 12.7 Å². The van der Waals surface area contributed by atoms with Gasteiger partial charge in [0.05, 0.1) is 10.6 Å². The molecule has 0 radical (unpaired) electrons. The molecule has 1 aromatic heterocycles. The number of aromatic nitrogens is 1. The molecule has 1 heterocycles. The maximum atomic E-state index is 14.5. The van der Waals surface area contributed by atoms with Gasteiger partial charge < -0.3 is 9.88 Å². The van der Waals surface area contributed by atoms with Gasteiger partial charge in [0.1, 0.15) is 5.82 Å². The molecule has 1 N–H and O–H groups in total. The molecule has 0 bridgehead atoms. The molecule has 0 aliphatic heterocycles. The van der Waals surface area contributed by atoms with Crippen LogP contribution in [0.2, 0.25) is 0 Å². The van der Waals surface area contributed by atoms with Crippen molar-refractivity contribution in [2.45, 2.75) is 50.6 Å². The van der Waals surface area contributed by atoms with Gasteiger partial charge in [-0.25, -0.2) is 12.8 Å². The summed E-state index contributed by atoms with van der Waals surface area (Å²) in [5.74, 6) is -0.342. The lowest BCUT2D eigenvalue weighted by Gasteiger charge is -2.11. The maximum Gasteiger partial charge on any atom is 0.251 e. The lowest BCUT2D eigenvalue weighted by Crippen LogP contribution is -2.22. The quantitative estimate of drug-likeness (QED) is 0.333. The van der Waals surface area contributed by atoms with Crippen LogP contribution in [0.25, 0.3) is 10.9 Å². The van der Waals surface area contributed by atoms with E-state index in [2.05, 4.69) is 16.0 Å². The molecule has 1 amide bonds. The molecule has 0 spiro atoms. The van der Waals surface area contributed by atoms with Crippen LogP contribution in [0.15, 0.2) is 71.6 Å². The van der Waals surface area contributed by atoms with Crippen LogP contribution >= 0.6 is 0 Å². The standard InChI is InChI=1S/C29H29FN2O3S/c1-3-36(34,35)26-11-5-20(6-12-26)18-31-29(33)22-8-13-28-23(15-22)17-25(32(28)24-9-10-24)16-21-7-4-19(2)14-27(21)30/h4-8,11-15,17,24H,3,9-10,16,18H2,1-2H3,(H,31,33). The molecule has 1 saturated carbocycles. The molecule has 1 aliphatic carbocycles. The maximum absolute atomic E-state index is 14.5. The van der Waals surface area contributed by atoms with E-state index < -0.39 is 9.84 Å². The normalized spacial score (nSPS) is 13.8. The number of nitrogens with zero attached hydrogens (tertiary/aromatic N) is 1. The molecule has 7 heteroatoms. The molecular formula is C29H29FN2O3S. The second-order valence-electron chi connectivity index (χ2n) is 9.51. The van der Waals surface area contributed by atoms with Crippen molar-refractivity contribution in [1.82, 2.24) is 9.88 Å². The van der Waals surface area contributed by atoms with Crippen LogP contribution in [-0.4, -0.2) is 24.6 Å². The van der Waals surface area contributed by atoms with E-state index in [9.17, 15) is 17.6 Å². The van der Waals surface area contributed by atoms with Crippen LogP contribution < -0.4 is 5.32 Å². The zero-order valence-electron chi connectivity index (χ0n) is 20.4. The van der Waals surface area contributed by atoms with Gasteiger partial charge in [-0.05, 0) is 78.9 Å². The highest BCUT2D eigenvalue weighted by Crippen LogP contribution is 2.40. The number of rotatable bonds is 8. The van der Waals surface area contributed by atoms with Gasteiger partial charge in [0, 0.05) is 41.2 Å². The zero-order chi connectivity index (χ0) is 25.4. The molecule has 186 valence electrons. The van der Waals surface area contributed by atoms with Crippen LogP contribution in [0.5, 0.6) is 0 Å². The van der Waals surface area contributed by atoms with E-state index >= 15 is 0 Å². The SMILES string of the molecule is CCS(=O)(=O)c1ccc(CNC(=O)c2ccc3c(c2)cc(Cc2ccc(C)cc2F)n3C2CC2)cc1. The largest absolute Gasteiger partial charge is 0.348 e. The van der Waals surface area contributed by atoms with Gasteiger partial charge in [0.2, 0.25) is 0 Å². The average molecular weight is 505 g/mol. The fourth-order valence-corrected chi connectivity index (χ4v) is 5.48. The highest BCUT2D eigenvalue weighted by molar-refractivity contribution is 7.91. The van der Waals surface area contributed by atoms with Gasteiger partial charge in [-0.1, -0.05) is 31.2 Å². The molecule has 5 nitrogen and oxygen atoms in total. The number of aryl methyl sites for hydroxylation is 1. The number of carbonyl (C=O) groups is 1. The van der Waals surface area contributed by atoms with Crippen molar-refractivity contribution in [2.24, 2.45) is 0 Å². The Labute approximate surface area is 210 Å². The number of halogens is 1. The van der Waals surface area contributed by atoms with Crippen molar-refractivity contribution in [2.75, 3.05) is 5.75 Å². The van der Waals surface area contributed by atoms with E-state index in [4.69, 9.17) is 0 Å². The summed E-state index contributed by atoms with van der Waals surface area (Å²) < 4.78 is 40.8. The van der Waals surface area contributed by atoms with Gasteiger partial charge in [-0.3, -0.25) is 4.79 Å². The molecule has 1 aliphatic rings. The minimum atomic E-state index is -3.25. The van der Waals surface area contributed by atoms with E-state index in [-0.39, 0.29) is 22.4 Å². The minimum Gasteiger partial charge on any atom is -0.348 e. The van der Waals surface area contributed by atoms with E-state index in [0.29, 0.717) is 30.1 Å². The molecule has 5 rings (SSSR count). The smallest absolute Gasteiger partial charge is 0.251 e. The number of fused-ring (bicyclic) bond motifs is 1. The van der Waals surface area contributed by atoms with E-state index in [1.807, 2.05) is 37.3 Å². The van der Waals surface area contributed by atoms with Crippen molar-refractivity contribution < 1.29 is 17.6 Å². The Balaban J connectivity index is 1.35. The summed E-state index contributed by atoms with van der Waals surface area (Å²) in [4.78, 5) is 13.2. The summed E-state index contributed by atoms with van der Waals surface area (Å²) in [6.07, 6.45) is 2.71. The Morgan fingerprint density at radius 3 is 2.44 bits per heavy atom. The second kappa shape index (κ2) is 9.54. The number of nitrogens with one attached hydrogen (secondary N) is 1. The summed E-state index contributed by atoms with van der Waals surface area (Å²) in [5.41, 5.74) is 5.05. The highest BCUT2D eigenvalue weighted by Gasteiger charge is 2.28. The predicted molar refractivity (Wildman–Crippen MR) is 139 cm³/mol. The lowest BCUT2D eigenvalue weighted by atomic mass is 10.1. The molecule has 3 aromatic carbocycles. The first kappa shape index (κ1) is 24.3. The Morgan fingerprint density at radius 2 is 1.78 bits per heavy atom. The number of sulfone groups is 1. The van der Waals surface area contributed by atoms with Gasteiger partial charge >= 0.3 is 0 Å². The van der Waals surface area contributed by atoms with Crippen molar-refractivity contribution in [3.8, 4) is 0 Å². The first-order chi connectivity index (χ1) is 17.2. The molecule has 0 unspecified atom stereocenters. The topological polar surface area (TPSA) is 68.2 Å². The molecule has 1 fully saturated rings. The Hall–Kier alpha value is -3.45. The van der Waals surface area contributed by atoms with Crippen molar-refractivity contribution in [3.63, 3.8) is 0 Å². The number of carbonyl (C=O) groups excluding carboxylic acids is 1. The third kappa shape index (κ3) is 4.93. The summed E-state index contributed by atoms with van der Waals surface area (Å²) in [7, 11) is -3.25. The first-order valence-electron chi connectivity index (χ1n) is 12.2. The fraction of sp³-hybridized carbons (Fsp3) is 0.276. The Bertz CT molecular complexity index is 1550. The summed E-state index contributed by atoms with van der Waals surface area (Å²) in [5, 5.41) is 3.88. The van der Waals surface area contributed by atoms with Crippen molar-refractivity contribution in [3.05, 3.63) is 100 Å². The van der Waals surface area contributed by atoms with Gasteiger partial charge in [0.15, 0.2) is 9.84 Å². The lowest BCUT2D eigenvalue weighted by molar-refractivity contribution is 0.0951. The third-order valence-electron chi connectivity index (χ3n) is 6.79. The van der Waals surface area contributed by atoms with Gasteiger partial charge in [-0.15, -0.1) is 0 Å². The molecule has 36 heavy (non-hydrogen) atoms. The minimum absolute atomic E-state index is 0.0513. The molecule has 0 atom stereocenters. The average Bonchev–Trinajstić information content (AvgIpc) is 3.64. The van der Waals surface area contributed by atoms with Crippen LogP contribution in [0.1, 0.15) is 58.5 Å². The number of hydrogen-bond acceptors (Lipinski definition) is 3. The number of benzene rings is 3. The van der Waals surface area contributed by atoms with Crippen LogP contribution in [0.3, 0.4) is 0 Å². The third-order valence-corrected chi connectivity index (χ3v) is 8.54. The summed E-state index contributed by atoms with van der Waals surface area (Å²) in [6.45, 7) is 3.79. The monoisotopic (exact) mass is 504 g/mol. The summed E-state index contributed by atoms with van der Waals surface area (Å²) >= 11 is 0. The fourth-order valence-electron chi connectivity index (χ4n) is 4.59.